The minimum Gasteiger partial charge on any atom is -0.480 e. The number of carboxylic acids is 1. The Morgan fingerprint density at radius 2 is 1.59 bits per heavy atom. The second-order valence-corrected chi connectivity index (χ2v) is 12.3. The third-order valence-electron chi connectivity index (χ3n) is 9.41. The molecule has 0 bridgehead atoms. The Bertz CT molecular complexity index is 1350. The molecule has 3 aliphatic rings. The molecular weight excluding hydrogens is 558 g/mol. The van der Waals surface area contributed by atoms with Crippen molar-refractivity contribution in [1.29, 1.82) is 0 Å². The van der Waals surface area contributed by atoms with Crippen molar-refractivity contribution in [2.45, 2.75) is 69.4 Å². The molecule has 1 fully saturated rings. The molecule has 1 N–H and O–H groups in total. The van der Waals surface area contributed by atoms with Gasteiger partial charge in [-0.2, -0.15) is 0 Å². The van der Waals surface area contributed by atoms with Crippen LogP contribution in [0.15, 0.2) is 60.7 Å². The molecule has 234 valence electrons. The van der Waals surface area contributed by atoms with E-state index in [0.29, 0.717) is 25.8 Å². The highest BCUT2D eigenvalue weighted by molar-refractivity contribution is 5.92. The molecule has 0 spiro atoms. The van der Waals surface area contributed by atoms with Gasteiger partial charge in [0.15, 0.2) is 0 Å². The van der Waals surface area contributed by atoms with Gasteiger partial charge in [-0.05, 0) is 47.4 Å². The zero-order valence-corrected chi connectivity index (χ0v) is 25.7. The van der Waals surface area contributed by atoms with Crippen LogP contribution in [-0.2, 0) is 19.1 Å². The largest absolute Gasteiger partial charge is 0.480 e. The standard InChI is InChI=1S/C35H43N3O6/c1-36(22-32(39)40)33(41)31(21-24-13-5-3-6-14-24)38-20-12-4-7-19-30(34(38)42)37(2)35(43)44-23-29-27-17-10-8-15-25(27)26-16-9-11-18-28(26)29/h4,7-11,15-18,24,29-31H,3,5-6,12-14,19-23H2,1-2H3,(H,39,40)/t30?,31-/m0/s1. The molecule has 9 heteroatoms. The minimum absolute atomic E-state index is 0.105. The molecule has 44 heavy (non-hydrogen) atoms. The molecule has 1 aliphatic heterocycles. The summed E-state index contributed by atoms with van der Waals surface area (Å²) in [6, 6.07) is 14.6. The number of aliphatic carboxylic acids is 1. The summed E-state index contributed by atoms with van der Waals surface area (Å²) < 4.78 is 5.87. The number of benzene rings is 2. The van der Waals surface area contributed by atoms with Crippen LogP contribution in [0, 0.1) is 5.92 Å². The Labute approximate surface area is 259 Å². The summed E-state index contributed by atoms with van der Waals surface area (Å²) in [5.74, 6) is -1.62. The normalized spacial score (nSPS) is 19.4. The lowest BCUT2D eigenvalue weighted by molar-refractivity contribution is -0.151. The number of hydrogen-bond acceptors (Lipinski definition) is 5. The highest BCUT2D eigenvalue weighted by Gasteiger charge is 2.40. The SMILES string of the molecule is CN(CC(=O)O)C(=O)[C@H](CC1CCCCC1)N1CCC=CCC(N(C)C(=O)OCC2c3ccccc3-c3ccccc32)C1=O. The van der Waals surface area contributed by atoms with E-state index >= 15 is 0 Å². The molecule has 1 heterocycles. The van der Waals surface area contributed by atoms with Crippen molar-refractivity contribution >= 4 is 23.9 Å². The molecule has 0 aromatic heterocycles. The lowest BCUT2D eigenvalue weighted by Crippen LogP contribution is -2.57. The summed E-state index contributed by atoms with van der Waals surface area (Å²) in [5.41, 5.74) is 4.48. The van der Waals surface area contributed by atoms with Gasteiger partial charge in [0.1, 0.15) is 25.2 Å². The van der Waals surface area contributed by atoms with E-state index in [4.69, 9.17) is 4.74 Å². The van der Waals surface area contributed by atoms with Gasteiger partial charge in [-0.15, -0.1) is 0 Å². The van der Waals surface area contributed by atoms with Gasteiger partial charge in [-0.1, -0.05) is 92.8 Å². The Morgan fingerprint density at radius 1 is 0.955 bits per heavy atom. The average molecular weight is 602 g/mol. The van der Waals surface area contributed by atoms with E-state index in [2.05, 4.69) is 24.3 Å². The maximum Gasteiger partial charge on any atom is 0.410 e. The molecular formula is C35H43N3O6. The number of hydrogen-bond donors (Lipinski definition) is 1. The van der Waals surface area contributed by atoms with Gasteiger partial charge in [0.05, 0.1) is 0 Å². The summed E-state index contributed by atoms with van der Waals surface area (Å²) in [6.07, 6.45) is 9.93. The molecule has 0 saturated heterocycles. The number of carboxylic acid groups (broad SMARTS) is 1. The minimum atomic E-state index is -1.10. The predicted octanol–water partition coefficient (Wildman–Crippen LogP) is 5.30. The number of carbonyl (C=O) groups excluding carboxylic acids is 3. The molecule has 0 radical (unpaired) electrons. The van der Waals surface area contributed by atoms with Gasteiger partial charge < -0.3 is 19.6 Å². The quantitative estimate of drug-likeness (QED) is 0.391. The molecule has 2 aliphatic carbocycles. The Morgan fingerprint density at radius 3 is 2.23 bits per heavy atom. The van der Waals surface area contributed by atoms with Crippen LogP contribution in [-0.4, -0.2) is 89.6 Å². The molecule has 2 aromatic rings. The zero-order chi connectivity index (χ0) is 31.2. The van der Waals surface area contributed by atoms with Crippen LogP contribution in [0.5, 0.6) is 0 Å². The van der Waals surface area contributed by atoms with Crippen LogP contribution < -0.4 is 0 Å². The first-order valence-electron chi connectivity index (χ1n) is 15.8. The van der Waals surface area contributed by atoms with Crippen LogP contribution in [0.4, 0.5) is 4.79 Å². The van der Waals surface area contributed by atoms with E-state index in [1.807, 2.05) is 36.4 Å². The Hall–Kier alpha value is -4.14. The van der Waals surface area contributed by atoms with Crippen molar-refractivity contribution in [3.8, 4) is 11.1 Å². The zero-order valence-electron chi connectivity index (χ0n) is 25.7. The third-order valence-corrected chi connectivity index (χ3v) is 9.41. The van der Waals surface area contributed by atoms with Crippen molar-refractivity contribution in [3.05, 3.63) is 71.8 Å². The van der Waals surface area contributed by atoms with Crippen molar-refractivity contribution in [2.75, 3.05) is 33.8 Å². The maximum absolute atomic E-state index is 14.2. The maximum atomic E-state index is 14.2. The fourth-order valence-electron chi connectivity index (χ4n) is 7.05. The highest BCUT2D eigenvalue weighted by atomic mass is 16.6. The average Bonchev–Trinajstić information content (AvgIpc) is 3.34. The summed E-state index contributed by atoms with van der Waals surface area (Å²) >= 11 is 0. The first-order chi connectivity index (χ1) is 21.3. The lowest BCUT2D eigenvalue weighted by atomic mass is 9.84. The fraction of sp³-hybridized carbons (Fsp3) is 0.486. The van der Waals surface area contributed by atoms with E-state index in [9.17, 15) is 24.3 Å². The van der Waals surface area contributed by atoms with Gasteiger partial charge in [0.25, 0.3) is 0 Å². The first-order valence-corrected chi connectivity index (χ1v) is 15.8. The monoisotopic (exact) mass is 601 g/mol. The predicted molar refractivity (Wildman–Crippen MR) is 167 cm³/mol. The summed E-state index contributed by atoms with van der Waals surface area (Å²) in [5, 5.41) is 9.35. The molecule has 2 aromatic carbocycles. The van der Waals surface area contributed by atoms with Crippen LogP contribution >= 0.6 is 0 Å². The van der Waals surface area contributed by atoms with Gasteiger partial charge >= 0.3 is 12.1 Å². The number of ether oxygens (including phenoxy) is 1. The van der Waals surface area contributed by atoms with E-state index in [1.165, 1.54) is 16.8 Å². The molecule has 9 nitrogen and oxygen atoms in total. The summed E-state index contributed by atoms with van der Waals surface area (Å²) in [7, 11) is 3.04. The number of rotatable bonds is 9. The van der Waals surface area contributed by atoms with Crippen molar-refractivity contribution < 1.29 is 29.0 Å². The Balaban J connectivity index is 1.33. The fourth-order valence-corrected chi connectivity index (χ4v) is 7.05. The van der Waals surface area contributed by atoms with Gasteiger partial charge in [-0.25, -0.2) is 4.79 Å². The number of fused-ring (bicyclic) bond motifs is 3. The summed E-state index contributed by atoms with van der Waals surface area (Å²) in [6.45, 7) is 0.0137. The number of amides is 3. The van der Waals surface area contributed by atoms with E-state index in [0.717, 1.165) is 54.4 Å². The van der Waals surface area contributed by atoms with Crippen molar-refractivity contribution in [3.63, 3.8) is 0 Å². The van der Waals surface area contributed by atoms with Crippen molar-refractivity contribution in [1.82, 2.24) is 14.7 Å². The van der Waals surface area contributed by atoms with Gasteiger partial charge in [0, 0.05) is 26.6 Å². The molecule has 5 rings (SSSR count). The number of likely N-dealkylation sites (N-methyl/N-ethyl adjacent to an activating group) is 2. The first kappa shape index (κ1) is 31.3. The topological polar surface area (TPSA) is 107 Å². The second-order valence-electron chi connectivity index (χ2n) is 12.3. The smallest absolute Gasteiger partial charge is 0.410 e. The van der Waals surface area contributed by atoms with Gasteiger partial charge in [0.2, 0.25) is 11.8 Å². The van der Waals surface area contributed by atoms with Crippen LogP contribution in [0.3, 0.4) is 0 Å². The molecule has 3 amide bonds. The highest BCUT2D eigenvalue weighted by Crippen LogP contribution is 2.44. The van der Waals surface area contributed by atoms with E-state index in [-0.39, 0.29) is 30.3 Å². The van der Waals surface area contributed by atoms with Crippen LogP contribution in [0.1, 0.15) is 68.4 Å². The molecule has 1 unspecified atom stereocenters. The molecule has 2 atom stereocenters. The Kier molecular flexibility index (Phi) is 10.0. The third kappa shape index (κ3) is 6.82. The summed E-state index contributed by atoms with van der Waals surface area (Å²) in [4.78, 5) is 57.0. The van der Waals surface area contributed by atoms with Crippen LogP contribution in [0.2, 0.25) is 0 Å². The van der Waals surface area contributed by atoms with Gasteiger partial charge in [-0.3, -0.25) is 19.3 Å². The van der Waals surface area contributed by atoms with Crippen molar-refractivity contribution in [2.24, 2.45) is 5.92 Å². The van der Waals surface area contributed by atoms with E-state index < -0.39 is 30.7 Å². The molecule has 1 saturated carbocycles. The number of carbonyl (C=O) groups is 4. The number of nitrogens with zero attached hydrogens (tertiary/aromatic N) is 3. The van der Waals surface area contributed by atoms with Crippen LogP contribution in [0.25, 0.3) is 11.1 Å². The van der Waals surface area contributed by atoms with E-state index in [1.54, 1.807) is 11.9 Å². The second kappa shape index (κ2) is 14.1. The lowest BCUT2D eigenvalue weighted by Gasteiger charge is -2.39.